The molecule has 0 aromatic heterocycles. The van der Waals surface area contributed by atoms with Crippen molar-refractivity contribution in [2.45, 2.75) is 46.0 Å². The SMILES string of the molecule is CCCCCCC(=O)OCCOCCOC(C)=O. The fraction of sp³-hybridized carbons (Fsp3) is 0.846. The van der Waals surface area contributed by atoms with E-state index in [1.165, 1.54) is 6.92 Å². The van der Waals surface area contributed by atoms with E-state index in [2.05, 4.69) is 11.7 Å². The van der Waals surface area contributed by atoms with Gasteiger partial charge in [0.05, 0.1) is 13.2 Å². The van der Waals surface area contributed by atoms with Crippen molar-refractivity contribution in [2.24, 2.45) is 0 Å². The summed E-state index contributed by atoms with van der Waals surface area (Å²) < 4.78 is 14.8. The molecule has 18 heavy (non-hydrogen) atoms. The van der Waals surface area contributed by atoms with Gasteiger partial charge >= 0.3 is 11.9 Å². The fourth-order valence-electron chi connectivity index (χ4n) is 1.33. The van der Waals surface area contributed by atoms with Gasteiger partial charge in [0.25, 0.3) is 0 Å². The van der Waals surface area contributed by atoms with E-state index in [1.54, 1.807) is 0 Å². The second-order valence-electron chi connectivity index (χ2n) is 3.98. The fourth-order valence-corrected chi connectivity index (χ4v) is 1.33. The Morgan fingerprint density at radius 1 is 0.889 bits per heavy atom. The average Bonchev–Trinajstić information content (AvgIpc) is 2.33. The predicted molar refractivity (Wildman–Crippen MR) is 67.2 cm³/mol. The van der Waals surface area contributed by atoms with Crippen LogP contribution in [0.5, 0.6) is 0 Å². The summed E-state index contributed by atoms with van der Waals surface area (Å²) in [6.45, 7) is 4.63. The number of carbonyl (C=O) groups excluding carboxylic acids is 2. The second-order valence-corrected chi connectivity index (χ2v) is 3.98. The number of hydrogen-bond acceptors (Lipinski definition) is 5. The Kier molecular flexibility index (Phi) is 11.6. The number of carbonyl (C=O) groups is 2. The molecule has 0 heterocycles. The molecule has 0 rings (SSSR count). The van der Waals surface area contributed by atoms with Crippen LogP contribution in [0.3, 0.4) is 0 Å². The molecular formula is C13H24O5. The smallest absolute Gasteiger partial charge is 0.305 e. The lowest BCUT2D eigenvalue weighted by Crippen LogP contribution is -2.13. The molecule has 0 bridgehead atoms. The number of unbranched alkanes of at least 4 members (excludes halogenated alkanes) is 3. The zero-order valence-corrected chi connectivity index (χ0v) is 11.4. The molecule has 0 saturated carbocycles. The molecule has 5 heteroatoms. The van der Waals surface area contributed by atoms with E-state index in [4.69, 9.17) is 9.47 Å². The van der Waals surface area contributed by atoms with Gasteiger partial charge in [-0.25, -0.2) is 0 Å². The number of rotatable bonds is 11. The van der Waals surface area contributed by atoms with E-state index < -0.39 is 0 Å². The van der Waals surface area contributed by atoms with Crippen LogP contribution in [0.1, 0.15) is 46.0 Å². The number of ether oxygens (including phenoxy) is 3. The number of hydrogen-bond donors (Lipinski definition) is 0. The first-order valence-electron chi connectivity index (χ1n) is 6.53. The maximum atomic E-state index is 11.2. The van der Waals surface area contributed by atoms with Gasteiger partial charge in [-0.05, 0) is 6.42 Å². The zero-order valence-electron chi connectivity index (χ0n) is 11.4. The molecule has 0 aromatic rings. The van der Waals surface area contributed by atoms with Gasteiger partial charge in [-0.1, -0.05) is 26.2 Å². The molecule has 0 radical (unpaired) electrons. The molecule has 106 valence electrons. The molecule has 5 nitrogen and oxygen atoms in total. The summed E-state index contributed by atoms with van der Waals surface area (Å²) in [4.78, 5) is 21.7. The second kappa shape index (κ2) is 12.4. The Morgan fingerprint density at radius 2 is 1.56 bits per heavy atom. The van der Waals surface area contributed by atoms with Crippen LogP contribution in [0, 0.1) is 0 Å². The van der Waals surface area contributed by atoms with Gasteiger partial charge < -0.3 is 14.2 Å². The van der Waals surface area contributed by atoms with Crippen molar-refractivity contribution in [2.75, 3.05) is 26.4 Å². The molecule has 0 aromatic carbocycles. The minimum absolute atomic E-state index is 0.172. The lowest BCUT2D eigenvalue weighted by molar-refractivity contribution is -0.145. The minimum Gasteiger partial charge on any atom is -0.463 e. The van der Waals surface area contributed by atoms with E-state index in [0.29, 0.717) is 19.6 Å². The van der Waals surface area contributed by atoms with Crippen LogP contribution < -0.4 is 0 Å². The standard InChI is InChI=1S/C13H24O5/c1-3-4-5-6-7-13(15)18-11-9-16-8-10-17-12(2)14/h3-11H2,1-2H3. The Labute approximate surface area is 109 Å². The largest absolute Gasteiger partial charge is 0.463 e. The maximum absolute atomic E-state index is 11.2. The van der Waals surface area contributed by atoms with E-state index in [1.807, 2.05) is 0 Å². The van der Waals surface area contributed by atoms with E-state index in [0.717, 1.165) is 25.7 Å². The summed E-state index contributed by atoms with van der Waals surface area (Å²) in [5, 5.41) is 0. The summed E-state index contributed by atoms with van der Waals surface area (Å²) in [5.74, 6) is -0.494. The first-order valence-corrected chi connectivity index (χ1v) is 6.53. The first kappa shape index (κ1) is 16.9. The summed E-state index contributed by atoms with van der Waals surface area (Å²) >= 11 is 0. The minimum atomic E-state index is -0.322. The van der Waals surface area contributed by atoms with Crippen LogP contribution in [-0.2, 0) is 23.8 Å². The van der Waals surface area contributed by atoms with Crippen LogP contribution in [0.25, 0.3) is 0 Å². The summed E-state index contributed by atoms with van der Waals surface area (Å²) in [7, 11) is 0. The van der Waals surface area contributed by atoms with E-state index in [-0.39, 0.29) is 25.2 Å². The summed E-state index contributed by atoms with van der Waals surface area (Å²) in [6.07, 6.45) is 4.76. The third-order valence-electron chi connectivity index (χ3n) is 2.26. The normalized spacial score (nSPS) is 10.1. The molecule has 0 atom stereocenters. The van der Waals surface area contributed by atoms with Crippen molar-refractivity contribution in [3.8, 4) is 0 Å². The monoisotopic (exact) mass is 260 g/mol. The van der Waals surface area contributed by atoms with Crippen molar-refractivity contribution >= 4 is 11.9 Å². The van der Waals surface area contributed by atoms with Gasteiger partial charge in [0.15, 0.2) is 0 Å². The van der Waals surface area contributed by atoms with Crippen molar-refractivity contribution in [1.82, 2.24) is 0 Å². The highest BCUT2D eigenvalue weighted by atomic mass is 16.6. The van der Waals surface area contributed by atoms with Crippen molar-refractivity contribution in [3.63, 3.8) is 0 Å². The van der Waals surface area contributed by atoms with Crippen LogP contribution in [0.4, 0.5) is 0 Å². The highest BCUT2D eigenvalue weighted by Gasteiger charge is 2.02. The van der Waals surface area contributed by atoms with Crippen molar-refractivity contribution in [1.29, 1.82) is 0 Å². The molecule has 0 aliphatic carbocycles. The molecule has 0 spiro atoms. The highest BCUT2D eigenvalue weighted by molar-refractivity contribution is 5.69. The predicted octanol–water partition coefficient (Wildman–Crippen LogP) is 2.08. The van der Waals surface area contributed by atoms with Crippen LogP contribution in [0.2, 0.25) is 0 Å². The molecule has 0 amide bonds. The Morgan fingerprint density at radius 3 is 2.17 bits per heavy atom. The maximum Gasteiger partial charge on any atom is 0.305 e. The van der Waals surface area contributed by atoms with Gasteiger partial charge in [0.1, 0.15) is 13.2 Å². The molecule has 0 unspecified atom stereocenters. The van der Waals surface area contributed by atoms with Gasteiger partial charge in [-0.15, -0.1) is 0 Å². The molecule has 0 fully saturated rings. The molecule has 0 aliphatic rings. The molecule has 0 saturated heterocycles. The summed E-state index contributed by atoms with van der Waals surface area (Å²) in [6, 6.07) is 0. The first-order chi connectivity index (χ1) is 8.66. The highest BCUT2D eigenvalue weighted by Crippen LogP contribution is 2.03. The zero-order chi connectivity index (χ0) is 13.6. The Balaban J connectivity index is 3.17. The Bertz CT molecular complexity index is 227. The quantitative estimate of drug-likeness (QED) is 0.420. The topological polar surface area (TPSA) is 61.8 Å². The Hall–Kier alpha value is -1.10. The lowest BCUT2D eigenvalue weighted by atomic mass is 10.2. The van der Waals surface area contributed by atoms with E-state index in [9.17, 15) is 9.59 Å². The number of esters is 2. The van der Waals surface area contributed by atoms with E-state index >= 15 is 0 Å². The average molecular weight is 260 g/mol. The van der Waals surface area contributed by atoms with Crippen LogP contribution >= 0.6 is 0 Å². The van der Waals surface area contributed by atoms with Gasteiger partial charge in [0.2, 0.25) is 0 Å². The van der Waals surface area contributed by atoms with Crippen LogP contribution in [-0.4, -0.2) is 38.4 Å². The molecular weight excluding hydrogens is 236 g/mol. The molecule has 0 N–H and O–H groups in total. The third-order valence-corrected chi connectivity index (χ3v) is 2.26. The van der Waals surface area contributed by atoms with Crippen molar-refractivity contribution < 1.29 is 23.8 Å². The van der Waals surface area contributed by atoms with Gasteiger partial charge in [-0.3, -0.25) is 9.59 Å². The van der Waals surface area contributed by atoms with Gasteiger partial charge in [0, 0.05) is 13.3 Å². The third kappa shape index (κ3) is 13.0. The van der Waals surface area contributed by atoms with Gasteiger partial charge in [-0.2, -0.15) is 0 Å². The van der Waals surface area contributed by atoms with Crippen LogP contribution in [0.15, 0.2) is 0 Å². The summed E-state index contributed by atoms with van der Waals surface area (Å²) in [5.41, 5.74) is 0. The lowest BCUT2D eigenvalue weighted by Gasteiger charge is -2.06. The van der Waals surface area contributed by atoms with Crippen molar-refractivity contribution in [3.05, 3.63) is 0 Å². The molecule has 0 aliphatic heterocycles.